The van der Waals surface area contributed by atoms with Gasteiger partial charge >= 0.3 is 0 Å². The molecule has 2 atom stereocenters. The molecule has 1 aromatic heterocycles. The molecular weight excluding hydrogens is 358 g/mol. The molecule has 2 aliphatic heterocycles. The molecule has 8 heteroatoms. The van der Waals surface area contributed by atoms with Gasteiger partial charge in [0.1, 0.15) is 0 Å². The number of fused-ring (bicyclic) bond motifs is 1. The minimum atomic E-state index is -0.474. The molecule has 0 unspecified atom stereocenters. The number of aromatic nitrogens is 2. The lowest BCUT2D eigenvalue weighted by molar-refractivity contribution is -0.131. The number of carbonyl (C=O) groups is 2. The van der Waals surface area contributed by atoms with Gasteiger partial charge in [0.25, 0.3) is 5.91 Å². The number of hydrogen-bond acceptors (Lipinski definition) is 5. The van der Waals surface area contributed by atoms with Crippen molar-refractivity contribution in [3.8, 4) is 0 Å². The topological polar surface area (TPSA) is 92.8 Å². The third-order valence-corrected chi connectivity index (χ3v) is 6.02. The van der Waals surface area contributed by atoms with E-state index in [-0.39, 0.29) is 17.9 Å². The molecular formula is C20H27N5O3. The van der Waals surface area contributed by atoms with Gasteiger partial charge in [-0.3, -0.25) is 19.6 Å². The molecule has 0 radical (unpaired) electrons. The van der Waals surface area contributed by atoms with E-state index < -0.39 is 6.10 Å². The van der Waals surface area contributed by atoms with Crippen LogP contribution in [0.1, 0.15) is 30.3 Å². The first-order valence-corrected chi connectivity index (χ1v) is 9.94. The van der Waals surface area contributed by atoms with Crippen LogP contribution in [0.2, 0.25) is 0 Å². The fourth-order valence-corrected chi connectivity index (χ4v) is 4.35. The number of hydrogen-bond donors (Lipinski definition) is 2. The lowest BCUT2D eigenvalue weighted by Crippen LogP contribution is -2.54. The Bertz CT molecular complexity index is 858. The van der Waals surface area contributed by atoms with Gasteiger partial charge in [-0.05, 0) is 18.9 Å². The zero-order valence-corrected chi connectivity index (χ0v) is 16.2. The van der Waals surface area contributed by atoms with E-state index in [0.717, 1.165) is 30.4 Å². The van der Waals surface area contributed by atoms with Gasteiger partial charge in [0, 0.05) is 57.6 Å². The zero-order chi connectivity index (χ0) is 19.7. The number of nitrogens with one attached hydrogen (secondary N) is 1. The molecule has 8 nitrogen and oxygen atoms in total. The van der Waals surface area contributed by atoms with Gasteiger partial charge in [0.15, 0.2) is 5.69 Å². The number of nitrogens with zero attached hydrogens (tertiary/aromatic N) is 4. The van der Waals surface area contributed by atoms with E-state index in [1.165, 1.54) is 0 Å². The van der Waals surface area contributed by atoms with E-state index in [2.05, 4.69) is 15.1 Å². The molecule has 3 heterocycles. The summed E-state index contributed by atoms with van der Waals surface area (Å²) in [4.78, 5) is 30.5. The summed E-state index contributed by atoms with van der Waals surface area (Å²) in [6.45, 7) is 5.62. The predicted octanol–water partition coefficient (Wildman–Crippen LogP) is 0.692. The monoisotopic (exact) mass is 385 g/mol. The largest absolute Gasteiger partial charge is 0.391 e. The van der Waals surface area contributed by atoms with Gasteiger partial charge in [-0.2, -0.15) is 5.10 Å². The van der Waals surface area contributed by atoms with Gasteiger partial charge in [0.2, 0.25) is 5.91 Å². The maximum atomic E-state index is 13.0. The summed E-state index contributed by atoms with van der Waals surface area (Å²) in [6.07, 6.45) is 0.790. The Labute approximate surface area is 164 Å². The number of likely N-dealkylation sites (tertiary alicyclic amines) is 1. The number of carbonyl (C=O) groups excluding carboxylic acids is 2. The number of aliphatic hydroxyl groups is 1. The van der Waals surface area contributed by atoms with Crippen molar-refractivity contribution >= 4 is 22.7 Å². The van der Waals surface area contributed by atoms with Crippen LogP contribution in [0, 0.1) is 0 Å². The summed E-state index contributed by atoms with van der Waals surface area (Å²) in [6, 6.07) is 7.63. The highest BCUT2D eigenvalue weighted by atomic mass is 16.3. The molecule has 150 valence electrons. The third-order valence-electron chi connectivity index (χ3n) is 6.02. The average molecular weight is 385 g/mol. The number of benzene rings is 1. The number of H-pyrrole nitrogens is 1. The fraction of sp³-hybridized carbons (Fsp3) is 0.550. The normalized spacial score (nSPS) is 24.4. The van der Waals surface area contributed by atoms with Crippen LogP contribution >= 0.6 is 0 Å². The molecule has 2 saturated heterocycles. The molecule has 2 aromatic rings. The SMILES string of the molecule is CC(=O)N1CCN([C@H]2CCN(C(=O)c3n[nH]c4ccccc34)CC[C@@H]2O)CC1. The van der Waals surface area contributed by atoms with Gasteiger partial charge in [0.05, 0.1) is 11.6 Å². The number of amides is 2. The van der Waals surface area contributed by atoms with Crippen LogP contribution in [0.5, 0.6) is 0 Å². The van der Waals surface area contributed by atoms with E-state index in [0.29, 0.717) is 38.3 Å². The molecule has 2 N–H and O–H groups in total. The molecule has 28 heavy (non-hydrogen) atoms. The summed E-state index contributed by atoms with van der Waals surface area (Å²) in [5.41, 5.74) is 1.29. The smallest absolute Gasteiger partial charge is 0.274 e. The number of para-hydroxylation sites is 1. The summed E-state index contributed by atoms with van der Waals surface area (Å²) >= 11 is 0. The maximum Gasteiger partial charge on any atom is 0.274 e. The number of aromatic amines is 1. The Hall–Kier alpha value is -2.45. The van der Waals surface area contributed by atoms with Crippen LogP contribution in [0.25, 0.3) is 10.9 Å². The van der Waals surface area contributed by atoms with Crippen LogP contribution < -0.4 is 0 Å². The second kappa shape index (κ2) is 7.89. The van der Waals surface area contributed by atoms with Gasteiger partial charge in [-0.25, -0.2) is 0 Å². The first-order chi connectivity index (χ1) is 13.5. The third kappa shape index (κ3) is 3.62. The van der Waals surface area contributed by atoms with E-state index in [9.17, 15) is 14.7 Å². The van der Waals surface area contributed by atoms with Crippen LogP contribution in [-0.2, 0) is 4.79 Å². The lowest BCUT2D eigenvalue weighted by Gasteiger charge is -2.40. The Morgan fingerprint density at radius 1 is 1.04 bits per heavy atom. The predicted molar refractivity (Wildman–Crippen MR) is 105 cm³/mol. The molecule has 4 rings (SSSR count). The standard InChI is InChI=1S/C20H27N5O3/c1-14(26)23-10-12-24(13-11-23)17-6-8-25(9-7-18(17)27)20(28)19-15-4-2-3-5-16(15)21-22-19/h2-5,17-18,27H,6-13H2,1H3,(H,21,22)/t17-,18-/m0/s1. The van der Waals surface area contributed by atoms with Crippen molar-refractivity contribution < 1.29 is 14.7 Å². The number of piperazine rings is 1. The molecule has 0 bridgehead atoms. The van der Waals surface area contributed by atoms with Crippen molar-refractivity contribution in [3.05, 3.63) is 30.0 Å². The summed E-state index contributed by atoms with van der Waals surface area (Å²) in [5.74, 6) is 0.00997. The van der Waals surface area contributed by atoms with E-state index in [4.69, 9.17) is 0 Å². The first kappa shape index (κ1) is 18.9. The van der Waals surface area contributed by atoms with Crippen LogP contribution in [-0.4, -0.2) is 93.2 Å². The number of aliphatic hydroxyl groups excluding tert-OH is 1. The minimum absolute atomic E-state index is 0.0165. The highest BCUT2D eigenvalue weighted by Gasteiger charge is 2.33. The van der Waals surface area contributed by atoms with Gasteiger partial charge < -0.3 is 14.9 Å². The second-order valence-electron chi connectivity index (χ2n) is 7.66. The molecule has 0 saturated carbocycles. The molecule has 2 aliphatic rings. The fourth-order valence-electron chi connectivity index (χ4n) is 4.35. The Kier molecular flexibility index (Phi) is 5.32. The molecule has 1 aromatic carbocycles. The molecule has 0 aliphatic carbocycles. The highest BCUT2D eigenvalue weighted by molar-refractivity contribution is 6.04. The first-order valence-electron chi connectivity index (χ1n) is 9.94. The highest BCUT2D eigenvalue weighted by Crippen LogP contribution is 2.22. The summed E-state index contributed by atoms with van der Waals surface area (Å²) < 4.78 is 0. The van der Waals surface area contributed by atoms with Gasteiger partial charge in [-0.15, -0.1) is 0 Å². The van der Waals surface area contributed by atoms with E-state index in [1.54, 1.807) is 11.8 Å². The molecule has 0 spiro atoms. The van der Waals surface area contributed by atoms with Crippen LogP contribution in [0.3, 0.4) is 0 Å². The minimum Gasteiger partial charge on any atom is -0.391 e. The Balaban J connectivity index is 1.43. The van der Waals surface area contributed by atoms with Crippen LogP contribution in [0.4, 0.5) is 0 Å². The van der Waals surface area contributed by atoms with Crippen molar-refractivity contribution in [2.75, 3.05) is 39.3 Å². The van der Waals surface area contributed by atoms with Crippen LogP contribution in [0.15, 0.2) is 24.3 Å². The van der Waals surface area contributed by atoms with Crippen molar-refractivity contribution in [2.24, 2.45) is 0 Å². The van der Waals surface area contributed by atoms with Crippen molar-refractivity contribution in [1.29, 1.82) is 0 Å². The van der Waals surface area contributed by atoms with Crippen molar-refractivity contribution in [3.63, 3.8) is 0 Å². The second-order valence-corrected chi connectivity index (χ2v) is 7.66. The van der Waals surface area contributed by atoms with Crippen molar-refractivity contribution in [2.45, 2.75) is 31.9 Å². The lowest BCUT2D eigenvalue weighted by atomic mass is 10.0. The Morgan fingerprint density at radius 2 is 1.75 bits per heavy atom. The maximum absolute atomic E-state index is 13.0. The quantitative estimate of drug-likeness (QED) is 0.794. The van der Waals surface area contributed by atoms with E-state index >= 15 is 0 Å². The zero-order valence-electron chi connectivity index (χ0n) is 16.2. The summed E-state index contributed by atoms with van der Waals surface area (Å²) in [5, 5.41) is 18.7. The van der Waals surface area contributed by atoms with Gasteiger partial charge in [-0.1, -0.05) is 18.2 Å². The average Bonchev–Trinajstić information content (AvgIpc) is 3.04. The number of rotatable bonds is 2. The molecule has 2 fully saturated rings. The van der Waals surface area contributed by atoms with Crippen molar-refractivity contribution in [1.82, 2.24) is 24.9 Å². The molecule has 2 amide bonds. The summed E-state index contributed by atoms with van der Waals surface area (Å²) in [7, 11) is 0. The van der Waals surface area contributed by atoms with E-state index in [1.807, 2.05) is 29.2 Å². The Morgan fingerprint density at radius 3 is 2.50 bits per heavy atom.